The van der Waals surface area contributed by atoms with Gasteiger partial charge < -0.3 is 15.8 Å². The Balaban J connectivity index is 2.13. The maximum atomic E-state index is 5.82. The molecule has 0 saturated heterocycles. The molecule has 0 saturated carbocycles. The van der Waals surface area contributed by atoms with E-state index in [9.17, 15) is 0 Å². The van der Waals surface area contributed by atoms with Crippen molar-refractivity contribution in [3.05, 3.63) is 47.5 Å². The van der Waals surface area contributed by atoms with Crippen LogP contribution >= 0.6 is 0 Å². The van der Waals surface area contributed by atoms with Crippen LogP contribution in [0.4, 0.5) is 11.5 Å². The lowest BCUT2D eigenvalue weighted by Gasteiger charge is -2.16. The molecule has 3 N–H and O–H groups in total. The first-order valence-corrected chi connectivity index (χ1v) is 6.82. The van der Waals surface area contributed by atoms with Gasteiger partial charge in [0.25, 0.3) is 0 Å². The highest BCUT2D eigenvalue weighted by Crippen LogP contribution is 2.24. The van der Waals surface area contributed by atoms with E-state index in [4.69, 9.17) is 10.5 Å². The summed E-state index contributed by atoms with van der Waals surface area (Å²) in [4.78, 5) is 4.39. The van der Waals surface area contributed by atoms with E-state index in [2.05, 4.69) is 48.4 Å². The molecule has 4 heteroatoms. The second-order valence-corrected chi connectivity index (χ2v) is 4.80. The zero-order chi connectivity index (χ0) is 14.5. The van der Waals surface area contributed by atoms with Crippen LogP contribution in [0.5, 0.6) is 5.88 Å². The molecule has 0 radical (unpaired) electrons. The van der Waals surface area contributed by atoms with Gasteiger partial charge in [-0.15, -0.1) is 0 Å². The molecule has 1 heterocycles. The van der Waals surface area contributed by atoms with Crippen molar-refractivity contribution in [1.82, 2.24) is 4.98 Å². The number of nitrogens with zero attached hydrogens (tertiary/aromatic N) is 1. The maximum Gasteiger partial charge on any atom is 0.239 e. The van der Waals surface area contributed by atoms with Gasteiger partial charge in [-0.05, 0) is 38.5 Å². The van der Waals surface area contributed by atoms with Gasteiger partial charge in [-0.1, -0.05) is 29.8 Å². The molecule has 0 spiro atoms. The molecule has 0 aliphatic rings. The fourth-order valence-electron chi connectivity index (χ4n) is 1.94. The Morgan fingerprint density at radius 3 is 2.55 bits per heavy atom. The van der Waals surface area contributed by atoms with Crippen LogP contribution in [0.3, 0.4) is 0 Å². The van der Waals surface area contributed by atoms with Crippen molar-refractivity contribution in [2.75, 3.05) is 17.7 Å². The third-order valence-electron chi connectivity index (χ3n) is 3.11. The molecule has 0 aliphatic heterocycles. The molecular formula is C16H21N3O. The van der Waals surface area contributed by atoms with Crippen LogP contribution in [-0.4, -0.2) is 11.6 Å². The number of hydrogen-bond acceptors (Lipinski definition) is 4. The molecule has 0 amide bonds. The number of aryl methyl sites for hydroxylation is 1. The standard InChI is InChI=1S/C16H21N3O/c1-4-20-16-14(17)9-10-15(19-16)18-12(3)13-7-5-11(2)6-8-13/h5-10,12H,4,17H2,1-3H3,(H,18,19). The Morgan fingerprint density at radius 1 is 1.20 bits per heavy atom. The molecule has 0 bridgehead atoms. The molecule has 2 rings (SSSR count). The Morgan fingerprint density at radius 2 is 1.90 bits per heavy atom. The monoisotopic (exact) mass is 271 g/mol. The third kappa shape index (κ3) is 3.41. The summed E-state index contributed by atoms with van der Waals surface area (Å²) in [5.74, 6) is 1.24. The van der Waals surface area contributed by atoms with Crippen LogP contribution in [0, 0.1) is 6.92 Å². The quantitative estimate of drug-likeness (QED) is 0.873. The lowest BCUT2D eigenvalue weighted by molar-refractivity contribution is 0.329. The minimum Gasteiger partial charge on any atom is -0.476 e. The maximum absolute atomic E-state index is 5.82. The van der Waals surface area contributed by atoms with Crippen molar-refractivity contribution in [2.45, 2.75) is 26.8 Å². The fraction of sp³-hybridized carbons (Fsp3) is 0.312. The molecular weight excluding hydrogens is 250 g/mol. The van der Waals surface area contributed by atoms with Crippen LogP contribution in [0.1, 0.15) is 31.0 Å². The van der Waals surface area contributed by atoms with Gasteiger partial charge in [0.05, 0.1) is 12.3 Å². The number of ether oxygens (including phenoxy) is 1. The van der Waals surface area contributed by atoms with Gasteiger partial charge in [0, 0.05) is 6.04 Å². The normalized spacial score (nSPS) is 11.9. The predicted octanol–water partition coefficient (Wildman–Crippen LogP) is 3.54. The molecule has 2 aromatic rings. The highest BCUT2D eigenvalue weighted by atomic mass is 16.5. The van der Waals surface area contributed by atoms with E-state index in [0.717, 1.165) is 5.82 Å². The van der Waals surface area contributed by atoms with Crippen LogP contribution in [-0.2, 0) is 0 Å². The number of nitrogens with two attached hydrogens (primary N) is 1. The third-order valence-corrected chi connectivity index (χ3v) is 3.11. The largest absolute Gasteiger partial charge is 0.476 e. The Bertz CT molecular complexity index is 566. The minimum absolute atomic E-state index is 0.168. The molecule has 1 aromatic heterocycles. The van der Waals surface area contributed by atoms with Crippen LogP contribution in [0.2, 0.25) is 0 Å². The van der Waals surface area contributed by atoms with Crippen LogP contribution < -0.4 is 15.8 Å². The number of rotatable bonds is 5. The molecule has 1 aromatic carbocycles. The number of nitrogen functional groups attached to an aromatic ring is 1. The Labute approximate surface area is 120 Å². The van der Waals surface area contributed by atoms with Gasteiger partial charge in [0.15, 0.2) is 0 Å². The van der Waals surface area contributed by atoms with Gasteiger partial charge in [-0.2, -0.15) is 4.98 Å². The number of nitrogens with one attached hydrogen (secondary N) is 1. The molecule has 106 valence electrons. The first kappa shape index (κ1) is 14.2. The van der Waals surface area contributed by atoms with Crippen LogP contribution in [0.15, 0.2) is 36.4 Å². The van der Waals surface area contributed by atoms with Gasteiger partial charge in [-0.25, -0.2) is 0 Å². The molecule has 0 fully saturated rings. The molecule has 1 atom stereocenters. The lowest BCUT2D eigenvalue weighted by atomic mass is 10.1. The number of aromatic nitrogens is 1. The lowest BCUT2D eigenvalue weighted by Crippen LogP contribution is -2.09. The number of benzene rings is 1. The summed E-state index contributed by atoms with van der Waals surface area (Å²) in [6.07, 6.45) is 0. The van der Waals surface area contributed by atoms with E-state index in [0.29, 0.717) is 18.2 Å². The molecule has 4 nitrogen and oxygen atoms in total. The average molecular weight is 271 g/mol. The van der Waals surface area contributed by atoms with Crippen molar-refractivity contribution in [3.8, 4) is 5.88 Å². The minimum atomic E-state index is 0.168. The van der Waals surface area contributed by atoms with E-state index in [1.54, 1.807) is 0 Å². The number of pyridine rings is 1. The summed E-state index contributed by atoms with van der Waals surface area (Å²) < 4.78 is 5.40. The summed E-state index contributed by atoms with van der Waals surface area (Å²) in [5.41, 5.74) is 8.84. The van der Waals surface area contributed by atoms with Crippen LogP contribution in [0.25, 0.3) is 0 Å². The van der Waals surface area contributed by atoms with E-state index >= 15 is 0 Å². The van der Waals surface area contributed by atoms with Crippen molar-refractivity contribution in [2.24, 2.45) is 0 Å². The van der Waals surface area contributed by atoms with Crippen molar-refractivity contribution >= 4 is 11.5 Å². The van der Waals surface area contributed by atoms with Crippen molar-refractivity contribution < 1.29 is 4.74 Å². The van der Waals surface area contributed by atoms with Gasteiger partial charge >= 0.3 is 0 Å². The fourth-order valence-corrected chi connectivity index (χ4v) is 1.94. The predicted molar refractivity (Wildman–Crippen MR) is 83.0 cm³/mol. The summed E-state index contributed by atoms with van der Waals surface area (Å²) in [5, 5.41) is 3.36. The Kier molecular flexibility index (Phi) is 4.45. The smallest absolute Gasteiger partial charge is 0.239 e. The first-order chi connectivity index (χ1) is 9.60. The Hall–Kier alpha value is -2.23. The van der Waals surface area contributed by atoms with Gasteiger partial charge in [0.1, 0.15) is 5.82 Å². The summed E-state index contributed by atoms with van der Waals surface area (Å²) in [6, 6.07) is 12.3. The zero-order valence-electron chi connectivity index (χ0n) is 12.2. The van der Waals surface area contributed by atoms with Gasteiger partial charge in [0.2, 0.25) is 5.88 Å². The zero-order valence-corrected chi connectivity index (χ0v) is 12.2. The highest BCUT2D eigenvalue weighted by molar-refractivity contribution is 5.54. The second-order valence-electron chi connectivity index (χ2n) is 4.80. The van der Waals surface area contributed by atoms with Crippen molar-refractivity contribution in [1.29, 1.82) is 0 Å². The molecule has 0 aliphatic carbocycles. The first-order valence-electron chi connectivity index (χ1n) is 6.82. The van der Waals surface area contributed by atoms with E-state index in [1.807, 2.05) is 19.1 Å². The van der Waals surface area contributed by atoms with E-state index < -0.39 is 0 Å². The topological polar surface area (TPSA) is 60.2 Å². The highest BCUT2D eigenvalue weighted by Gasteiger charge is 2.08. The SMILES string of the molecule is CCOc1nc(NC(C)c2ccc(C)cc2)ccc1N. The summed E-state index contributed by atoms with van der Waals surface area (Å²) >= 11 is 0. The van der Waals surface area contributed by atoms with Crippen molar-refractivity contribution in [3.63, 3.8) is 0 Å². The average Bonchev–Trinajstić information content (AvgIpc) is 2.43. The number of anilines is 2. The summed E-state index contributed by atoms with van der Waals surface area (Å²) in [6.45, 7) is 6.64. The van der Waals surface area contributed by atoms with Gasteiger partial charge in [-0.3, -0.25) is 0 Å². The summed E-state index contributed by atoms with van der Waals surface area (Å²) in [7, 11) is 0. The van der Waals surface area contributed by atoms with E-state index in [-0.39, 0.29) is 6.04 Å². The number of hydrogen-bond donors (Lipinski definition) is 2. The molecule has 1 unspecified atom stereocenters. The molecule has 20 heavy (non-hydrogen) atoms. The second kappa shape index (κ2) is 6.28. The van der Waals surface area contributed by atoms with E-state index in [1.165, 1.54) is 11.1 Å².